The van der Waals surface area contributed by atoms with E-state index in [2.05, 4.69) is 5.43 Å². The predicted molar refractivity (Wildman–Crippen MR) is 75.5 cm³/mol. The standard InChI is InChI=1S/C11H13N5O6/c17-14(18)8-6-9(15(19)20)11(10(7-8)16(21)22)12-13-4-2-1-3-5-13/h6-7,12H,1-5H2. The Morgan fingerprint density at radius 2 is 1.36 bits per heavy atom. The molecule has 118 valence electrons. The van der Waals surface area contributed by atoms with Crippen LogP contribution in [0.2, 0.25) is 0 Å². The Morgan fingerprint density at radius 3 is 1.77 bits per heavy atom. The number of benzene rings is 1. The molecule has 1 saturated heterocycles. The summed E-state index contributed by atoms with van der Waals surface area (Å²) >= 11 is 0. The molecule has 0 aromatic heterocycles. The molecule has 1 aromatic carbocycles. The Hall–Kier alpha value is -2.82. The van der Waals surface area contributed by atoms with Gasteiger partial charge in [-0.2, -0.15) is 0 Å². The van der Waals surface area contributed by atoms with Crippen LogP contribution in [-0.2, 0) is 0 Å². The van der Waals surface area contributed by atoms with Gasteiger partial charge in [-0.05, 0) is 12.8 Å². The van der Waals surface area contributed by atoms with Crippen LogP contribution in [0.3, 0.4) is 0 Å². The van der Waals surface area contributed by atoms with E-state index in [-0.39, 0.29) is 5.69 Å². The van der Waals surface area contributed by atoms with Gasteiger partial charge in [0.2, 0.25) is 5.69 Å². The molecule has 0 spiro atoms. The molecule has 0 aliphatic carbocycles. The second-order valence-electron chi connectivity index (χ2n) is 4.79. The average molecular weight is 311 g/mol. The van der Waals surface area contributed by atoms with E-state index in [1.807, 2.05) is 0 Å². The number of hydrazine groups is 1. The molecule has 0 atom stereocenters. The third-order valence-corrected chi connectivity index (χ3v) is 3.31. The summed E-state index contributed by atoms with van der Waals surface area (Å²) in [5, 5.41) is 34.7. The summed E-state index contributed by atoms with van der Waals surface area (Å²) < 4.78 is 0. The first-order chi connectivity index (χ1) is 10.4. The van der Waals surface area contributed by atoms with Crippen molar-refractivity contribution in [3.05, 3.63) is 42.5 Å². The lowest BCUT2D eigenvalue weighted by Gasteiger charge is -2.27. The number of rotatable bonds is 5. The first-order valence-electron chi connectivity index (χ1n) is 6.53. The molecule has 0 bridgehead atoms. The third kappa shape index (κ3) is 3.25. The van der Waals surface area contributed by atoms with Gasteiger partial charge in [0.1, 0.15) is 0 Å². The van der Waals surface area contributed by atoms with Crippen LogP contribution < -0.4 is 5.43 Å². The summed E-state index contributed by atoms with van der Waals surface area (Å²) in [6, 6.07) is 1.44. The highest BCUT2D eigenvalue weighted by molar-refractivity contribution is 5.76. The fourth-order valence-corrected chi connectivity index (χ4v) is 2.27. The summed E-state index contributed by atoms with van der Waals surface area (Å²) in [4.78, 5) is 30.4. The molecule has 11 heteroatoms. The average Bonchev–Trinajstić information content (AvgIpc) is 2.47. The van der Waals surface area contributed by atoms with Crippen molar-refractivity contribution in [1.29, 1.82) is 0 Å². The molecule has 0 saturated carbocycles. The predicted octanol–water partition coefficient (Wildman–Crippen LogP) is 2.22. The van der Waals surface area contributed by atoms with Crippen LogP contribution in [0, 0.1) is 30.3 Å². The summed E-state index contributed by atoms with van der Waals surface area (Å²) in [5.41, 5.74) is 0.274. The lowest BCUT2D eigenvalue weighted by atomic mass is 10.1. The molecule has 1 aliphatic rings. The third-order valence-electron chi connectivity index (χ3n) is 3.31. The lowest BCUT2D eigenvalue weighted by molar-refractivity contribution is -0.402. The van der Waals surface area contributed by atoms with E-state index < -0.39 is 31.8 Å². The van der Waals surface area contributed by atoms with Crippen molar-refractivity contribution in [1.82, 2.24) is 5.01 Å². The zero-order chi connectivity index (χ0) is 16.3. The van der Waals surface area contributed by atoms with Crippen molar-refractivity contribution in [2.24, 2.45) is 0 Å². The zero-order valence-corrected chi connectivity index (χ0v) is 11.4. The van der Waals surface area contributed by atoms with Gasteiger partial charge >= 0.3 is 11.4 Å². The normalized spacial score (nSPS) is 15.3. The Labute approximate surface area is 123 Å². The van der Waals surface area contributed by atoms with E-state index in [0.29, 0.717) is 13.1 Å². The Morgan fingerprint density at radius 1 is 0.864 bits per heavy atom. The molecular weight excluding hydrogens is 298 g/mol. The minimum atomic E-state index is -0.898. The number of non-ortho nitro benzene ring substituents is 1. The highest BCUT2D eigenvalue weighted by Crippen LogP contribution is 2.38. The minimum absolute atomic E-state index is 0.331. The van der Waals surface area contributed by atoms with E-state index in [1.54, 1.807) is 5.01 Å². The van der Waals surface area contributed by atoms with Gasteiger partial charge in [0.05, 0.1) is 26.9 Å². The van der Waals surface area contributed by atoms with Crippen LogP contribution in [0.5, 0.6) is 0 Å². The highest BCUT2D eigenvalue weighted by Gasteiger charge is 2.31. The van der Waals surface area contributed by atoms with E-state index in [4.69, 9.17) is 0 Å². The second kappa shape index (κ2) is 6.30. The maximum atomic E-state index is 11.1. The van der Waals surface area contributed by atoms with Crippen LogP contribution in [-0.4, -0.2) is 32.9 Å². The highest BCUT2D eigenvalue weighted by atomic mass is 16.6. The maximum Gasteiger partial charge on any atom is 0.307 e. The maximum absolute atomic E-state index is 11.1. The van der Waals surface area contributed by atoms with Gasteiger partial charge in [0, 0.05) is 13.1 Å². The second-order valence-corrected chi connectivity index (χ2v) is 4.79. The Balaban J connectivity index is 2.50. The van der Waals surface area contributed by atoms with Gasteiger partial charge < -0.3 is 5.43 Å². The molecule has 1 heterocycles. The smallest absolute Gasteiger partial charge is 0.307 e. The molecule has 1 aliphatic heterocycles. The first kappa shape index (κ1) is 15.6. The van der Waals surface area contributed by atoms with Crippen LogP contribution in [0.25, 0.3) is 0 Å². The lowest BCUT2D eigenvalue weighted by Crippen LogP contribution is -2.35. The minimum Gasteiger partial charge on any atom is -0.307 e. The van der Waals surface area contributed by atoms with Gasteiger partial charge in [-0.25, -0.2) is 5.01 Å². The zero-order valence-electron chi connectivity index (χ0n) is 11.4. The molecule has 2 rings (SSSR count). The van der Waals surface area contributed by atoms with Crippen LogP contribution in [0.1, 0.15) is 19.3 Å². The molecule has 22 heavy (non-hydrogen) atoms. The van der Waals surface area contributed by atoms with E-state index >= 15 is 0 Å². The molecular formula is C11H13N5O6. The van der Waals surface area contributed by atoms with Crippen molar-refractivity contribution in [3.8, 4) is 0 Å². The van der Waals surface area contributed by atoms with Crippen LogP contribution in [0.15, 0.2) is 12.1 Å². The largest absolute Gasteiger partial charge is 0.307 e. The molecule has 1 aromatic rings. The summed E-state index contributed by atoms with van der Waals surface area (Å²) in [6.45, 7) is 1.18. The molecule has 1 N–H and O–H groups in total. The number of nitro benzene ring substituents is 3. The van der Waals surface area contributed by atoms with Gasteiger partial charge in [0.25, 0.3) is 5.69 Å². The van der Waals surface area contributed by atoms with Gasteiger partial charge in [-0.1, -0.05) is 6.42 Å². The van der Waals surface area contributed by atoms with Crippen molar-refractivity contribution < 1.29 is 14.8 Å². The fourth-order valence-electron chi connectivity index (χ4n) is 2.27. The van der Waals surface area contributed by atoms with Gasteiger partial charge in [-0.3, -0.25) is 30.3 Å². The molecule has 1 fully saturated rings. The van der Waals surface area contributed by atoms with E-state index in [1.165, 1.54) is 0 Å². The summed E-state index contributed by atoms with van der Waals surface area (Å²) in [7, 11) is 0. The number of nitrogens with one attached hydrogen (secondary N) is 1. The topological polar surface area (TPSA) is 145 Å². The quantitative estimate of drug-likeness (QED) is 0.643. The number of piperidine rings is 1. The number of nitro groups is 3. The summed E-state index contributed by atoms with van der Waals surface area (Å²) in [5.74, 6) is 0. The number of hydrogen-bond acceptors (Lipinski definition) is 8. The first-order valence-corrected chi connectivity index (χ1v) is 6.53. The van der Waals surface area contributed by atoms with Crippen LogP contribution >= 0.6 is 0 Å². The van der Waals surface area contributed by atoms with Gasteiger partial charge in [-0.15, -0.1) is 0 Å². The molecule has 0 radical (unpaired) electrons. The van der Waals surface area contributed by atoms with E-state index in [0.717, 1.165) is 31.4 Å². The monoisotopic (exact) mass is 311 g/mol. The number of nitrogens with zero attached hydrogens (tertiary/aromatic N) is 4. The number of hydrogen-bond donors (Lipinski definition) is 1. The molecule has 0 unspecified atom stereocenters. The SMILES string of the molecule is O=[N+]([O-])c1cc([N+](=O)[O-])c(NN2CCCCC2)c([N+](=O)[O-])c1. The van der Waals surface area contributed by atoms with Crippen molar-refractivity contribution in [3.63, 3.8) is 0 Å². The number of anilines is 1. The van der Waals surface area contributed by atoms with Gasteiger partial charge in [0.15, 0.2) is 0 Å². The van der Waals surface area contributed by atoms with Crippen LogP contribution in [0.4, 0.5) is 22.7 Å². The van der Waals surface area contributed by atoms with Crippen molar-refractivity contribution in [2.45, 2.75) is 19.3 Å². The Kier molecular flexibility index (Phi) is 4.46. The Bertz CT molecular complexity index is 592. The summed E-state index contributed by atoms with van der Waals surface area (Å²) in [6.07, 6.45) is 2.74. The van der Waals surface area contributed by atoms with E-state index in [9.17, 15) is 30.3 Å². The fraction of sp³-hybridized carbons (Fsp3) is 0.455. The molecule has 0 amide bonds. The van der Waals surface area contributed by atoms with Crippen molar-refractivity contribution >= 4 is 22.7 Å². The van der Waals surface area contributed by atoms with Crippen molar-refractivity contribution in [2.75, 3.05) is 18.5 Å². The molecule has 11 nitrogen and oxygen atoms in total.